The number of imidazole rings is 1. The molecule has 3 aromatic rings. The summed E-state index contributed by atoms with van der Waals surface area (Å²) in [5.41, 5.74) is 1.71. The molecule has 0 bridgehead atoms. The van der Waals surface area contributed by atoms with E-state index in [0.717, 1.165) is 19.3 Å². The van der Waals surface area contributed by atoms with Crippen molar-refractivity contribution in [3.8, 4) is 5.75 Å². The SMILES string of the molecule is O=C(c1ccc(O)c(Cl)c1)N1CCCC[C@@H]1c1nc2ccc(F)cc2[nH]1. The number of H-pyrrole nitrogens is 1. The Balaban J connectivity index is 1.68. The minimum atomic E-state index is -0.331. The lowest BCUT2D eigenvalue weighted by Crippen LogP contribution is -2.39. The van der Waals surface area contributed by atoms with Gasteiger partial charge in [-0.05, 0) is 55.7 Å². The Morgan fingerprint density at radius 2 is 2.12 bits per heavy atom. The van der Waals surface area contributed by atoms with Gasteiger partial charge in [0.05, 0.1) is 22.1 Å². The summed E-state index contributed by atoms with van der Waals surface area (Å²) in [7, 11) is 0. The van der Waals surface area contributed by atoms with Crippen molar-refractivity contribution in [2.45, 2.75) is 25.3 Å². The van der Waals surface area contributed by atoms with E-state index in [1.54, 1.807) is 17.0 Å². The number of nitrogens with one attached hydrogen (secondary N) is 1. The number of halogens is 2. The van der Waals surface area contributed by atoms with E-state index in [4.69, 9.17) is 11.6 Å². The predicted octanol–water partition coefficient (Wildman–Crippen LogP) is 4.43. The standard InChI is InChI=1S/C19H17ClFN3O2/c20-13-9-11(4-7-17(13)25)19(26)24-8-2-1-3-16(24)18-22-14-6-5-12(21)10-15(14)23-18/h4-7,9-10,16,25H,1-3,8H2,(H,22,23)/t16-/m1/s1. The van der Waals surface area contributed by atoms with Crippen molar-refractivity contribution < 1.29 is 14.3 Å². The first-order valence-electron chi connectivity index (χ1n) is 8.47. The highest BCUT2D eigenvalue weighted by Gasteiger charge is 2.31. The van der Waals surface area contributed by atoms with Gasteiger partial charge in [-0.2, -0.15) is 0 Å². The molecule has 134 valence electrons. The quantitative estimate of drug-likeness (QED) is 0.698. The largest absolute Gasteiger partial charge is 0.506 e. The van der Waals surface area contributed by atoms with E-state index in [2.05, 4.69) is 9.97 Å². The lowest BCUT2D eigenvalue weighted by Gasteiger charge is -2.34. The van der Waals surface area contributed by atoms with Gasteiger partial charge in [0, 0.05) is 12.1 Å². The molecule has 1 saturated heterocycles. The summed E-state index contributed by atoms with van der Waals surface area (Å²) in [6.07, 6.45) is 2.67. The summed E-state index contributed by atoms with van der Waals surface area (Å²) < 4.78 is 13.4. The van der Waals surface area contributed by atoms with Gasteiger partial charge >= 0.3 is 0 Å². The number of nitrogens with zero attached hydrogens (tertiary/aromatic N) is 2. The van der Waals surface area contributed by atoms with Gasteiger partial charge in [-0.3, -0.25) is 4.79 Å². The maximum Gasteiger partial charge on any atom is 0.254 e. The second-order valence-electron chi connectivity index (χ2n) is 6.46. The van der Waals surface area contributed by atoms with Crippen molar-refractivity contribution in [1.29, 1.82) is 0 Å². The lowest BCUT2D eigenvalue weighted by molar-refractivity contribution is 0.0601. The number of aromatic hydroxyl groups is 1. The van der Waals surface area contributed by atoms with Crippen LogP contribution >= 0.6 is 11.6 Å². The number of phenols is 1. The first-order valence-corrected chi connectivity index (χ1v) is 8.85. The summed E-state index contributed by atoms with van der Waals surface area (Å²) in [5, 5.41) is 9.71. The van der Waals surface area contributed by atoms with Gasteiger partial charge in [0.25, 0.3) is 5.91 Å². The Labute approximate surface area is 154 Å². The number of phenolic OH excluding ortho intramolecular Hbond substituents is 1. The van der Waals surface area contributed by atoms with Gasteiger partial charge in [-0.1, -0.05) is 11.6 Å². The Morgan fingerprint density at radius 1 is 1.27 bits per heavy atom. The number of piperidine rings is 1. The number of amides is 1. The van der Waals surface area contributed by atoms with Crippen molar-refractivity contribution in [2.75, 3.05) is 6.54 Å². The molecule has 1 fully saturated rings. The fraction of sp³-hybridized carbons (Fsp3) is 0.263. The van der Waals surface area contributed by atoms with Crippen LogP contribution in [0.15, 0.2) is 36.4 Å². The second kappa shape index (κ2) is 6.61. The van der Waals surface area contributed by atoms with Crippen LogP contribution in [0.4, 0.5) is 4.39 Å². The molecule has 1 aromatic heterocycles. The van der Waals surface area contributed by atoms with Crippen molar-refractivity contribution in [2.24, 2.45) is 0 Å². The monoisotopic (exact) mass is 373 g/mol. The molecule has 0 aliphatic carbocycles. The number of aromatic nitrogens is 2. The molecule has 2 N–H and O–H groups in total. The topological polar surface area (TPSA) is 69.2 Å². The summed E-state index contributed by atoms with van der Waals surface area (Å²) in [6, 6.07) is 8.63. The number of carbonyl (C=O) groups excluding carboxylic acids is 1. The smallest absolute Gasteiger partial charge is 0.254 e. The van der Waals surface area contributed by atoms with Crippen LogP contribution in [0.25, 0.3) is 11.0 Å². The third kappa shape index (κ3) is 3.01. The number of rotatable bonds is 2. The Bertz CT molecular complexity index is 988. The molecule has 5 nitrogen and oxygen atoms in total. The highest BCUT2D eigenvalue weighted by molar-refractivity contribution is 6.32. The maximum atomic E-state index is 13.4. The van der Waals surface area contributed by atoms with Gasteiger partial charge < -0.3 is 15.0 Å². The normalized spacial score (nSPS) is 17.6. The lowest BCUT2D eigenvalue weighted by atomic mass is 10.00. The van der Waals surface area contributed by atoms with E-state index in [-0.39, 0.29) is 28.5 Å². The van der Waals surface area contributed by atoms with Gasteiger partial charge in [0.2, 0.25) is 0 Å². The molecule has 0 radical (unpaired) electrons. The van der Waals surface area contributed by atoms with Crippen LogP contribution in [0.1, 0.15) is 41.5 Å². The second-order valence-corrected chi connectivity index (χ2v) is 6.87. The highest BCUT2D eigenvalue weighted by Crippen LogP contribution is 2.33. The van der Waals surface area contributed by atoms with Crippen LogP contribution in [-0.4, -0.2) is 32.4 Å². The zero-order chi connectivity index (χ0) is 18.3. The Kier molecular flexibility index (Phi) is 4.28. The molecular weight excluding hydrogens is 357 g/mol. The predicted molar refractivity (Wildman–Crippen MR) is 96.8 cm³/mol. The first-order chi connectivity index (χ1) is 12.5. The molecule has 4 rings (SSSR count). The van der Waals surface area contributed by atoms with Crippen LogP contribution < -0.4 is 0 Å². The van der Waals surface area contributed by atoms with E-state index in [0.29, 0.717) is 29.0 Å². The molecule has 0 spiro atoms. The van der Waals surface area contributed by atoms with E-state index in [1.165, 1.54) is 24.3 Å². The summed E-state index contributed by atoms with van der Waals surface area (Å²) >= 11 is 5.94. The first kappa shape index (κ1) is 16.8. The Morgan fingerprint density at radius 3 is 2.92 bits per heavy atom. The minimum absolute atomic E-state index is 0.0577. The van der Waals surface area contributed by atoms with Crippen LogP contribution in [0.5, 0.6) is 5.75 Å². The molecule has 7 heteroatoms. The summed E-state index contributed by atoms with van der Waals surface area (Å²) in [5.74, 6) is 0.104. The van der Waals surface area contributed by atoms with Gasteiger partial charge in [-0.25, -0.2) is 9.37 Å². The van der Waals surface area contributed by atoms with Crippen molar-refractivity contribution in [3.05, 3.63) is 58.6 Å². The highest BCUT2D eigenvalue weighted by atomic mass is 35.5. The summed E-state index contributed by atoms with van der Waals surface area (Å²) in [6.45, 7) is 0.605. The van der Waals surface area contributed by atoms with Crippen LogP contribution in [0.3, 0.4) is 0 Å². The average molecular weight is 374 g/mol. The fourth-order valence-electron chi connectivity index (χ4n) is 3.42. The van der Waals surface area contributed by atoms with Crippen LogP contribution in [-0.2, 0) is 0 Å². The number of hydrogen-bond donors (Lipinski definition) is 2. The molecule has 2 heterocycles. The third-order valence-electron chi connectivity index (χ3n) is 4.74. The summed E-state index contributed by atoms with van der Waals surface area (Å²) in [4.78, 5) is 22.5. The van der Waals surface area contributed by atoms with Crippen molar-refractivity contribution in [3.63, 3.8) is 0 Å². The number of hydrogen-bond acceptors (Lipinski definition) is 3. The van der Waals surface area contributed by atoms with E-state index >= 15 is 0 Å². The van der Waals surface area contributed by atoms with Crippen LogP contribution in [0, 0.1) is 5.82 Å². The van der Waals surface area contributed by atoms with Gasteiger partial charge in [0.15, 0.2) is 0 Å². The molecule has 2 aromatic carbocycles. The molecule has 1 aliphatic heterocycles. The molecule has 0 saturated carbocycles. The zero-order valence-corrected chi connectivity index (χ0v) is 14.6. The zero-order valence-electron chi connectivity index (χ0n) is 13.9. The van der Waals surface area contributed by atoms with Crippen LogP contribution in [0.2, 0.25) is 5.02 Å². The van der Waals surface area contributed by atoms with E-state index in [9.17, 15) is 14.3 Å². The third-order valence-corrected chi connectivity index (χ3v) is 5.04. The molecule has 26 heavy (non-hydrogen) atoms. The Hall–Kier alpha value is -2.60. The van der Waals surface area contributed by atoms with Gasteiger partial charge in [0.1, 0.15) is 17.4 Å². The van der Waals surface area contributed by atoms with Crippen molar-refractivity contribution in [1.82, 2.24) is 14.9 Å². The van der Waals surface area contributed by atoms with E-state index in [1.807, 2.05) is 0 Å². The number of benzene rings is 2. The molecule has 1 aliphatic rings. The van der Waals surface area contributed by atoms with Gasteiger partial charge in [-0.15, -0.1) is 0 Å². The maximum absolute atomic E-state index is 13.4. The fourth-order valence-corrected chi connectivity index (χ4v) is 3.60. The van der Waals surface area contributed by atoms with Crippen molar-refractivity contribution >= 4 is 28.5 Å². The number of aromatic amines is 1. The minimum Gasteiger partial charge on any atom is -0.506 e. The number of fused-ring (bicyclic) bond motifs is 1. The average Bonchev–Trinajstić information content (AvgIpc) is 3.06. The number of carbonyl (C=O) groups is 1. The molecular formula is C19H17ClFN3O2. The van der Waals surface area contributed by atoms with E-state index < -0.39 is 0 Å². The molecule has 1 atom stereocenters. The molecule has 0 unspecified atom stereocenters. The number of likely N-dealkylation sites (tertiary alicyclic amines) is 1. The molecule has 1 amide bonds.